The number of halogens is 1. The number of nitrogens with zero attached hydrogens (tertiary/aromatic N) is 2. The van der Waals surface area contributed by atoms with Gasteiger partial charge in [-0.25, -0.2) is 0 Å². The van der Waals surface area contributed by atoms with Crippen LogP contribution in [0.4, 0.5) is 5.69 Å². The number of rotatable bonds is 6. The lowest BCUT2D eigenvalue weighted by molar-refractivity contribution is -0.112. The number of amides is 1. The summed E-state index contributed by atoms with van der Waals surface area (Å²) in [6.07, 6.45) is 2.26. The molecule has 1 aliphatic rings. The van der Waals surface area contributed by atoms with Gasteiger partial charge in [-0.15, -0.1) is 0 Å². The summed E-state index contributed by atoms with van der Waals surface area (Å²) >= 11 is 6.03. The number of carbonyl (C=O) groups excluding carboxylic acids is 2. The zero-order valence-electron chi connectivity index (χ0n) is 18.3. The molecule has 0 atom stereocenters. The minimum Gasteiger partial charge on any atom is -0.372 e. The molecule has 1 amide bonds. The summed E-state index contributed by atoms with van der Waals surface area (Å²) in [6.45, 7) is 9.65. The second-order valence-electron chi connectivity index (χ2n) is 8.19. The molecule has 5 nitrogen and oxygen atoms in total. The number of hydrogen-bond donors (Lipinski definition) is 1. The standard InChI is InChI=1S/C26H26ClN3O2/c1-16-14-24(18(3)30(16)20-8-6-19(27)7-9-20)25(31)22-11-10-21(29-12-4-5-13-29)15-23(22)17(2)26(28)32/h6-11,14-15H,2,4-5,12-13H2,1,3H3,(H2,28,32). The maximum Gasteiger partial charge on any atom is 0.248 e. The molecule has 3 aromatic rings. The van der Waals surface area contributed by atoms with Crippen LogP contribution in [-0.2, 0) is 4.79 Å². The normalized spacial score (nSPS) is 13.4. The van der Waals surface area contributed by atoms with Crippen molar-refractivity contribution in [2.24, 2.45) is 5.73 Å². The highest BCUT2D eigenvalue weighted by Gasteiger charge is 2.24. The molecule has 4 rings (SSSR count). The topological polar surface area (TPSA) is 68.3 Å². The van der Waals surface area contributed by atoms with E-state index in [1.165, 1.54) is 0 Å². The van der Waals surface area contributed by atoms with Gasteiger partial charge in [0.1, 0.15) is 0 Å². The van der Waals surface area contributed by atoms with Crippen LogP contribution in [0.5, 0.6) is 0 Å². The van der Waals surface area contributed by atoms with E-state index in [9.17, 15) is 9.59 Å². The molecule has 164 valence electrons. The van der Waals surface area contributed by atoms with E-state index in [4.69, 9.17) is 17.3 Å². The molecule has 1 fully saturated rings. The van der Waals surface area contributed by atoms with Gasteiger partial charge in [0.25, 0.3) is 0 Å². The maximum atomic E-state index is 13.7. The Kier molecular flexibility index (Phi) is 5.94. The fourth-order valence-corrected chi connectivity index (χ4v) is 4.54. The Hall–Kier alpha value is -3.31. The number of anilines is 1. The number of carbonyl (C=O) groups is 2. The minimum absolute atomic E-state index is 0.140. The quantitative estimate of drug-likeness (QED) is 0.423. The number of benzene rings is 2. The molecule has 2 aromatic carbocycles. The van der Waals surface area contributed by atoms with E-state index in [-0.39, 0.29) is 11.4 Å². The fraction of sp³-hybridized carbons (Fsp3) is 0.231. The summed E-state index contributed by atoms with van der Waals surface area (Å²) in [4.78, 5) is 27.9. The SMILES string of the molecule is C=C(C(N)=O)c1cc(N2CCCC2)ccc1C(=O)c1cc(C)n(-c2ccc(Cl)cc2)c1C. The third-order valence-corrected chi connectivity index (χ3v) is 6.35. The molecule has 2 N–H and O–H groups in total. The van der Waals surface area contributed by atoms with Crippen LogP contribution in [0.1, 0.15) is 45.7 Å². The summed E-state index contributed by atoms with van der Waals surface area (Å²) in [5.41, 5.74) is 10.8. The third kappa shape index (κ3) is 3.96. The maximum absolute atomic E-state index is 13.7. The molecular weight excluding hydrogens is 422 g/mol. The molecule has 32 heavy (non-hydrogen) atoms. The van der Waals surface area contributed by atoms with Crippen LogP contribution in [0.3, 0.4) is 0 Å². The van der Waals surface area contributed by atoms with Crippen molar-refractivity contribution in [3.05, 3.63) is 88.2 Å². The predicted octanol–water partition coefficient (Wildman–Crippen LogP) is 5.08. The van der Waals surface area contributed by atoms with Gasteiger partial charge in [0, 0.05) is 57.6 Å². The second-order valence-corrected chi connectivity index (χ2v) is 8.63. The van der Waals surface area contributed by atoms with Crippen LogP contribution >= 0.6 is 11.6 Å². The van der Waals surface area contributed by atoms with Crippen LogP contribution in [0, 0.1) is 13.8 Å². The van der Waals surface area contributed by atoms with Crippen molar-refractivity contribution >= 4 is 34.6 Å². The average molecular weight is 448 g/mol. The fourth-order valence-electron chi connectivity index (χ4n) is 4.41. The molecule has 0 bridgehead atoms. The zero-order valence-corrected chi connectivity index (χ0v) is 19.1. The third-order valence-electron chi connectivity index (χ3n) is 6.10. The lowest BCUT2D eigenvalue weighted by Crippen LogP contribution is -2.20. The van der Waals surface area contributed by atoms with Crippen LogP contribution in [0.25, 0.3) is 11.3 Å². The summed E-state index contributed by atoms with van der Waals surface area (Å²) in [5, 5.41) is 0.653. The number of aromatic nitrogens is 1. The summed E-state index contributed by atoms with van der Waals surface area (Å²) in [6, 6.07) is 14.9. The molecule has 0 unspecified atom stereocenters. The van der Waals surface area contributed by atoms with Crippen molar-refractivity contribution < 1.29 is 9.59 Å². The van der Waals surface area contributed by atoms with Crippen molar-refractivity contribution in [2.75, 3.05) is 18.0 Å². The van der Waals surface area contributed by atoms with Crippen molar-refractivity contribution in [1.82, 2.24) is 4.57 Å². The number of nitrogens with two attached hydrogens (primary N) is 1. The van der Waals surface area contributed by atoms with Gasteiger partial charge < -0.3 is 15.2 Å². The van der Waals surface area contributed by atoms with E-state index < -0.39 is 5.91 Å². The molecule has 1 saturated heterocycles. The van der Waals surface area contributed by atoms with Gasteiger partial charge in [0.2, 0.25) is 5.91 Å². The van der Waals surface area contributed by atoms with Crippen molar-refractivity contribution in [1.29, 1.82) is 0 Å². The lowest BCUT2D eigenvalue weighted by Gasteiger charge is -2.20. The van der Waals surface area contributed by atoms with E-state index >= 15 is 0 Å². The first-order valence-electron chi connectivity index (χ1n) is 10.7. The molecule has 0 saturated carbocycles. The van der Waals surface area contributed by atoms with Gasteiger partial charge in [-0.2, -0.15) is 0 Å². The van der Waals surface area contributed by atoms with Gasteiger partial charge in [0.15, 0.2) is 5.78 Å². The van der Waals surface area contributed by atoms with E-state index in [2.05, 4.69) is 11.5 Å². The highest BCUT2D eigenvalue weighted by atomic mass is 35.5. The number of ketones is 1. The van der Waals surface area contributed by atoms with Crippen LogP contribution in [0.15, 0.2) is 55.1 Å². The lowest BCUT2D eigenvalue weighted by atomic mass is 9.93. The van der Waals surface area contributed by atoms with Crippen molar-refractivity contribution in [3.63, 3.8) is 0 Å². The number of primary amides is 1. The molecule has 0 spiro atoms. The first-order chi connectivity index (χ1) is 15.3. The Labute approximate surface area is 193 Å². The second kappa shape index (κ2) is 8.67. The van der Waals surface area contributed by atoms with Crippen LogP contribution in [0.2, 0.25) is 5.02 Å². The van der Waals surface area contributed by atoms with Gasteiger partial charge in [0.05, 0.1) is 0 Å². The highest BCUT2D eigenvalue weighted by molar-refractivity contribution is 6.30. The Morgan fingerprint density at radius 3 is 2.16 bits per heavy atom. The van der Waals surface area contributed by atoms with Gasteiger partial charge >= 0.3 is 0 Å². The number of hydrogen-bond acceptors (Lipinski definition) is 3. The molecule has 6 heteroatoms. The van der Waals surface area contributed by atoms with E-state index in [1.807, 2.05) is 60.9 Å². The van der Waals surface area contributed by atoms with Gasteiger partial charge in [-0.1, -0.05) is 18.2 Å². The van der Waals surface area contributed by atoms with Gasteiger partial charge in [-0.05, 0) is 80.8 Å². The summed E-state index contributed by atoms with van der Waals surface area (Å²) < 4.78 is 2.02. The first kappa shape index (κ1) is 21.9. The van der Waals surface area contributed by atoms with Crippen LogP contribution in [-0.4, -0.2) is 29.3 Å². The predicted molar refractivity (Wildman–Crippen MR) is 130 cm³/mol. The Bertz CT molecular complexity index is 1220. The summed E-state index contributed by atoms with van der Waals surface area (Å²) in [5.74, 6) is -0.798. The van der Waals surface area contributed by atoms with E-state index in [0.29, 0.717) is 21.7 Å². The average Bonchev–Trinajstić information content (AvgIpc) is 3.41. The van der Waals surface area contributed by atoms with Gasteiger partial charge in [-0.3, -0.25) is 9.59 Å². The first-order valence-corrected chi connectivity index (χ1v) is 11.0. The smallest absolute Gasteiger partial charge is 0.248 e. The van der Waals surface area contributed by atoms with Crippen molar-refractivity contribution in [2.45, 2.75) is 26.7 Å². The monoisotopic (exact) mass is 447 g/mol. The molecule has 0 aliphatic carbocycles. The largest absolute Gasteiger partial charge is 0.372 e. The van der Waals surface area contributed by atoms with Crippen LogP contribution < -0.4 is 10.6 Å². The molecular formula is C26H26ClN3O2. The minimum atomic E-state index is -0.635. The van der Waals surface area contributed by atoms with Crippen molar-refractivity contribution in [3.8, 4) is 5.69 Å². The number of aryl methyl sites for hydroxylation is 1. The van der Waals surface area contributed by atoms with E-state index in [0.717, 1.165) is 48.7 Å². The summed E-state index contributed by atoms with van der Waals surface area (Å²) in [7, 11) is 0. The molecule has 1 aromatic heterocycles. The highest BCUT2D eigenvalue weighted by Crippen LogP contribution is 2.30. The zero-order chi connectivity index (χ0) is 23.0. The molecule has 2 heterocycles. The Morgan fingerprint density at radius 2 is 1.53 bits per heavy atom. The Balaban J connectivity index is 1.79. The Morgan fingerprint density at radius 1 is 0.906 bits per heavy atom. The molecule has 0 radical (unpaired) electrons. The molecule has 1 aliphatic heterocycles. The van der Waals surface area contributed by atoms with E-state index in [1.54, 1.807) is 6.07 Å².